The van der Waals surface area contributed by atoms with Crippen LogP contribution < -0.4 is 5.48 Å². The fraction of sp³-hybridized carbons (Fsp3) is 0.409. The number of hydroxylamine groups is 1. The van der Waals surface area contributed by atoms with Crippen LogP contribution in [0.15, 0.2) is 47.4 Å². The number of nitrogens with one attached hydrogen (secondary N) is 1. The second-order valence-electron chi connectivity index (χ2n) is 7.98. The topological polar surface area (TPSA) is 86.7 Å². The SMILES string of the molecule is Cc1c(Cl)cccc1S(=O)(=O)N(Cc1ccc(Cl)cc1)CC1CCC(C(=O)NO)CC1. The van der Waals surface area contributed by atoms with Crippen molar-refractivity contribution in [2.45, 2.75) is 44.0 Å². The lowest BCUT2D eigenvalue weighted by Crippen LogP contribution is -2.38. The molecule has 1 aliphatic carbocycles. The summed E-state index contributed by atoms with van der Waals surface area (Å²) in [7, 11) is -3.80. The van der Waals surface area contributed by atoms with Crippen LogP contribution in [-0.2, 0) is 21.4 Å². The lowest BCUT2D eigenvalue weighted by atomic mass is 9.81. The number of hydrogen-bond donors (Lipinski definition) is 2. The lowest BCUT2D eigenvalue weighted by Gasteiger charge is -2.32. The Balaban J connectivity index is 1.85. The highest BCUT2D eigenvalue weighted by atomic mass is 35.5. The zero-order valence-corrected chi connectivity index (χ0v) is 19.6. The molecule has 0 heterocycles. The predicted octanol–water partition coefficient (Wildman–Crippen LogP) is 4.80. The van der Waals surface area contributed by atoms with E-state index in [-0.39, 0.29) is 29.2 Å². The molecule has 0 spiro atoms. The van der Waals surface area contributed by atoms with Crippen molar-refractivity contribution in [3.8, 4) is 0 Å². The maximum absolute atomic E-state index is 13.6. The molecule has 1 amide bonds. The second kappa shape index (κ2) is 10.3. The number of rotatable bonds is 7. The molecular formula is C22H26Cl2N2O4S. The highest BCUT2D eigenvalue weighted by molar-refractivity contribution is 7.89. The van der Waals surface area contributed by atoms with Gasteiger partial charge in [0.05, 0.1) is 4.90 Å². The van der Waals surface area contributed by atoms with E-state index in [1.165, 1.54) is 4.31 Å². The van der Waals surface area contributed by atoms with Gasteiger partial charge in [-0.05, 0) is 73.9 Å². The first-order valence-corrected chi connectivity index (χ1v) is 12.4. The molecule has 0 unspecified atom stereocenters. The van der Waals surface area contributed by atoms with Gasteiger partial charge in [-0.25, -0.2) is 13.9 Å². The van der Waals surface area contributed by atoms with Gasteiger partial charge in [0.25, 0.3) is 0 Å². The molecule has 3 rings (SSSR count). The summed E-state index contributed by atoms with van der Waals surface area (Å²) in [5.74, 6) is -0.499. The first kappa shape index (κ1) is 24.0. The number of benzene rings is 2. The number of hydrogen-bond acceptors (Lipinski definition) is 4. The van der Waals surface area contributed by atoms with Crippen LogP contribution in [0.4, 0.5) is 0 Å². The number of carbonyl (C=O) groups is 1. The summed E-state index contributed by atoms with van der Waals surface area (Å²) in [4.78, 5) is 11.9. The highest BCUT2D eigenvalue weighted by Crippen LogP contribution is 2.33. The first-order chi connectivity index (χ1) is 14.7. The summed E-state index contributed by atoms with van der Waals surface area (Å²) in [6, 6.07) is 12.0. The van der Waals surface area contributed by atoms with Crippen LogP contribution >= 0.6 is 23.2 Å². The molecule has 1 fully saturated rings. The second-order valence-corrected chi connectivity index (χ2v) is 10.7. The number of nitrogens with zero attached hydrogens (tertiary/aromatic N) is 1. The third kappa shape index (κ3) is 5.79. The molecule has 0 saturated heterocycles. The molecule has 1 saturated carbocycles. The summed E-state index contributed by atoms with van der Waals surface area (Å²) in [5.41, 5.74) is 3.07. The summed E-state index contributed by atoms with van der Waals surface area (Å²) in [6.07, 6.45) is 2.64. The zero-order chi connectivity index (χ0) is 22.6. The predicted molar refractivity (Wildman–Crippen MR) is 121 cm³/mol. The number of sulfonamides is 1. The summed E-state index contributed by atoms with van der Waals surface area (Å²) < 4.78 is 28.7. The average molecular weight is 485 g/mol. The Morgan fingerprint density at radius 1 is 1.10 bits per heavy atom. The van der Waals surface area contributed by atoms with Gasteiger partial charge in [0.2, 0.25) is 15.9 Å². The van der Waals surface area contributed by atoms with E-state index in [2.05, 4.69) is 0 Å². The van der Waals surface area contributed by atoms with E-state index in [0.717, 1.165) is 5.56 Å². The van der Waals surface area contributed by atoms with Crippen molar-refractivity contribution in [1.29, 1.82) is 0 Å². The normalized spacial score (nSPS) is 19.4. The molecule has 31 heavy (non-hydrogen) atoms. The fourth-order valence-electron chi connectivity index (χ4n) is 4.03. The van der Waals surface area contributed by atoms with Crippen LogP contribution in [0.2, 0.25) is 10.0 Å². The zero-order valence-electron chi connectivity index (χ0n) is 17.2. The number of amides is 1. The Labute approximate surface area is 193 Å². The van der Waals surface area contributed by atoms with Crippen LogP contribution in [0.5, 0.6) is 0 Å². The van der Waals surface area contributed by atoms with Crippen LogP contribution in [0.3, 0.4) is 0 Å². The number of carbonyl (C=O) groups excluding carboxylic acids is 1. The molecule has 9 heteroatoms. The standard InChI is InChI=1S/C22H26Cl2N2O4S/c1-15-20(24)3-2-4-21(15)31(29,30)26(14-17-7-11-19(23)12-8-17)13-16-5-9-18(10-6-16)22(27)25-28/h2-4,7-8,11-12,16,18,28H,5-6,9-10,13-14H2,1H3,(H,25,27). The van der Waals surface area contributed by atoms with Gasteiger partial charge in [-0.3, -0.25) is 10.0 Å². The Morgan fingerprint density at radius 2 is 1.74 bits per heavy atom. The van der Waals surface area contributed by atoms with Gasteiger partial charge < -0.3 is 0 Å². The minimum absolute atomic E-state index is 0.115. The van der Waals surface area contributed by atoms with Crippen molar-refractivity contribution in [2.24, 2.45) is 11.8 Å². The molecule has 6 nitrogen and oxygen atoms in total. The molecule has 1 aliphatic rings. The molecule has 0 radical (unpaired) electrons. The van der Waals surface area contributed by atoms with E-state index in [4.69, 9.17) is 28.4 Å². The van der Waals surface area contributed by atoms with Crippen LogP contribution in [-0.4, -0.2) is 30.4 Å². The minimum Gasteiger partial charge on any atom is -0.289 e. The van der Waals surface area contributed by atoms with Crippen molar-refractivity contribution in [3.05, 3.63) is 63.6 Å². The van der Waals surface area contributed by atoms with Gasteiger partial charge in [-0.15, -0.1) is 0 Å². The highest BCUT2D eigenvalue weighted by Gasteiger charge is 2.32. The summed E-state index contributed by atoms with van der Waals surface area (Å²) >= 11 is 12.2. The summed E-state index contributed by atoms with van der Waals surface area (Å²) in [6.45, 7) is 2.25. The molecule has 0 aliphatic heterocycles. The Hall–Kier alpha value is -1.64. The molecular weight excluding hydrogens is 459 g/mol. The third-order valence-electron chi connectivity index (χ3n) is 5.90. The number of halogens is 2. The molecule has 0 atom stereocenters. The van der Waals surface area contributed by atoms with Crippen LogP contribution in [0, 0.1) is 18.8 Å². The fourth-order valence-corrected chi connectivity index (χ4v) is 6.14. The average Bonchev–Trinajstić information content (AvgIpc) is 2.76. The smallest absolute Gasteiger partial charge is 0.246 e. The van der Waals surface area contributed by atoms with E-state index in [1.54, 1.807) is 42.7 Å². The van der Waals surface area contributed by atoms with Gasteiger partial charge in [0, 0.05) is 29.1 Å². The van der Waals surface area contributed by atoms with Gasteiger partial charge in [0.1, 0.15) is 0 Å². The van der Waals surface area contributed by atoms with Crippen molar-refractivity contribution < 1.29 is 18.4 Å². The monoisotopic (exact) mass is 484 g/mol. The van der Waals surface area contributed by atoms with Crippen LogP contribution in [0.1, 0.15) is 36.8 Å². The molecule has 2 aromatic rings. The van der Waals surface area contributed by atoms with Gasteiger partial charge >= 0.3 is 0 Å². The molecule has 0 aromatic heterocycles. The van der Waals surface area contributed by atoms with Crippen molar-refractivity contribution in [3.63, 3.8) is 0 Å². The van der Waals surface area contributed by atoms with Gasteiger partial charge in [0.15, 0.2) is 0 Å². The Bertz CT molecular complexity index is 1020. The molecule has 2 aromatic carbocycles. The maximum Gasteiger partial charge on any atom is 0.246 e. The third-order valence-corrected chi connectivity index (χ3v) is 8.52. The maximum atomic E-state index is 13.6. The summed E-state index contributed by atoms with van der Waals surface area (Å²) in [5, 5.41) is 9.85. The van der Waals surface area contributed by atoms with E-state index in [1.807, 2.05) is 12.1 Å². The molecule has 0 bridgehead atoms. The Kier molecular flexibility index (Phi) is 7.99. The van der Waals surface area contributed by atoms with Crippen molar-refractivity contribution >= 4 is 39.1 Å². The minimum atomic E-state index is -3.80. The van der Waals surface area contributed by atoms with E-state index in [0.29, 0.717) is 47.8 Å². The van der Waals surface area contributed by atoms with Crippen molar-refractivity contribution in [1.82, 2.24) is 9.79 Å². The van der Waals surface area contributed by atoms with Crippen molar-refractivity contribution in [2.75, 3.05) is 6.54 Å². The first-order valence-electron chi connectivity index (χ1n) is 10.2. The quantitative estimate of drug-likeness (QED) is 0.436. The van der Waals surface area contributed by atoms with Crippen LogP contribution in [0.25, 0.3) is 0 Å². The lowest BCUT2D eigenvalue weighted by molar-refractivity contribution is -0.134. The largest absolute Gasteiger partial charge is 0.289 e. The van der Waals surface area contributed by atoms with Gasteiger partial charge in [-0.1, -0.05) is 41.4 Å². The van der Waals surface area contributed by atoms with E-state index < -0.39 is 10.0 Å². The Morgan fingerprint density at radius 3 is 2.35 bits per heavy atom. The molecule has 2 N–H and O–H groups in total. The van der Waals surface area contributed by atoms with E-state index in [9.17, 15) is 13.2 Å². The van der Waals surface area contributed by atoms with E-state index >= 15 is 0 Å². The van der Waals surface area contributed by atoms with Gasteiger partial charge in [-0.2, -0.15) is 4.31 Å². The molecule has 168 valence electrons.